The molecular formula is C17H21N5O3. The van der Waals surface area contributed by atoms with Gasteiger partial charge >= 0.3 is 0 Å². The lowest BCUT2D eigenvalue weighted by Crippen LogP contribution is -2.62. The average Bonchev–Trinajstić information content (AvgIpc) is 3.28. The van der Waals surface area contributed by atoms with Crippen molar-refractivity contribution < 1.29 is 14.3 Å². The van der Waals surface area contributed by atoms with E-state index in [1.165, 1.54) is 0 Å². The molecule has 1 saturated heterocycles. The van der Waals surface area contributed by atoms with Gasteiger partial charge in [-0.15, -0.1) is 5.10 Å². The number of carbonyl (C=O) groups is 1. The Morgan fingerprint density at radius 1 is 1.40 bits per heavy atom. The molecule has 2 heterocycles. The Bertz CT molecular complexity index is 718. The third-order valence-corrected chi connectivity index (χ3v) is 5.14. The van der Waals surface area contributed by atoms with Crippen molar-refractivity contribution in [3.63, 3.8) is 0 Å². The van der Waals surface area contributed by atoms with Gasteiger partial charge in [0.05, 0.1) is 19.3 Å². The van der Waals surface area contributed by atoms with Crippen molar-refractivity contribution in [1.29, 1.82) is 0 Å². The molecule has 1 amide bonds. The summed E-state index contributed by atoms with van der Waals surface area (Å²) in [6.45, 7) is 1.96. The van der Waals surface area contributed by atoms with Crippen LogP contribution in [-0.2, 0) is 16.0 Å². The zero-order chi connectivity index (χ0) is 17.2. The number of aromatic nitrogens is 4. The Labute approximate surface area is 145 Å². The Hall–Kier alpha value is -2.32. The molecule has 132 valence electrons. The van der Waals surface area contributed by atoms with Crippen LogP contribution in [0.2, 0.25) is 0 Å². The van der Waals surface area contributed by atoms with Crippen molar-refractivity contribution >= 4 is 5.91 Å². The smallest absolute Gasteiger partial charge is 0.251 e. The molecule has 2 aromatic rings. The molecule has 1 aliphatic carbocycles. The van der Waals surface area contributed by atoms with Gasteiger partial charge in [-0.3, -0.25) is 4.79 Å². The number of benzene rings is 1. The van der Waals surface area contributed by atoms with Gasteiger partial charge in [0.2, 0.25) is 0 Å². The molecule has 2 aliphatic rings. The lowest BCUT2D eigenvalue weighted by molar-refractivity contribution is -0.0809. The summed E-state index contributed by atoms with van der Waals surface area (Å²) in [5.74, 6) is 0.592. The topological polar surface area (TPSA) is 91.2 Å². The molecule has 8 nitrogen and oxygen atoms in total. The fourth-order valence-electron chi connectivity index (χ4n) is 3.87. The van der Waals surface area contributed by atoms with E-state index in [9.17, 15) is 4.79 Å². The van der Waals surface area contributed by atoms with Gasteiger partial charge < -0.3 is 14.8 Å². The van der Waals surface area contributed by atoms with Crippen molar-refractivity contribution in [2.45, 2.75) is 25.1 Å². The van der Waals surface area contributed by atoms with Crippen LogP contribution in [0, 0.1) is 11.8 Å². The summed E-state index contributed by atoms with van der Waals surface area (Å²) >= 11 is 0. The largest absolute Gasteiger partial charge is 0.384 e. The average molecular weight is 343 g/mol. The monoisotopic (exact) mass is 343 g/mol. The molecule has 2 fully saturated rings. The van der Waals surface area contributed by atoms with Gasteiger partial charge in [0, 0.05) is 37.2 Å². The Kier molecular flexibility index (Phi) is 4.46. The Balaban J connectivity index is 1.39. The molecule has 8 heteroatoms. The maximum atomic E-state index is 12.6. The van der Waals surface area contributed by atoms with E-state index in [0.29, 0.717) is 24.6 Å². The predicted octanol–water partition coefficient (Wildman–Crippen LogP) is 0.501. The first kappa shape index (κ1) is 16.2. The standard InChI is InChI=1S/C17H21N5O3/c1-24-9-14-15(13-6-7-25-16(13)14)19-17(23)12-4-2-11(3-5-12)8-22-10-18-20-21-22/h2-5,10,13-16H,6-9H2,1H3,(H,19,23)/t13-,14+,15+,16-/m0/s1. The first-order valence-corrected chi connectivity index (χ1v) is 8.47. The molecule has 1 aliphatic heterocycles. The van der Waals surface area contributed by atoms with Crippen LogP contribution in [0.25, 0.3) is 0 Å². The fourth-order valence-corrected chi connectivity index (χ4v) is 3.87. The number of nitrogens with one attached hydrogen (secondary N) is 1. The number of fused-ring (bicyclic) bond motifs is 1. The van der Waals surface area contributed by atoms with Gasteiger partial charge in [0.15, 0.2) is 0 Å². The van der Waals surface area contributed by atoms with Crippen molar-refractivity contribution in [3.05, 3.63) is 41.7 Å². The summed E-state index contributed by atoms with van der Waals surface area (Å²) in [4.78, 5) is 12.6. The van der Waals surface area contributed by atoms with Gasteiger partial charge in [-0.05, 0) is 34.5 Å². The molecule has 1 aromatic heterocycles. The fraction of sp³-hybridized carbons (Fsp3) is 0.529. The second-order valence-corrected chi connectivity index (χ2v) is 6.61. The number of ether oxygens (including phenoxy) is 2. The van der Waals surface area contributed by atoms with Gasteiger partial charge in [-0.25, -0.2) is 4.68 Å². The second-order valence-electron chi connectivity index (χ2n) is 6.61. The van der Waals surface area contributed by atoms with Crippen molar-refractivity contribution in [2.24, 2.45) is 11.8 Å². The van der Waals surface area contributed by atoms with E-state index in [4.69, 9.17) is 9.47 Å². The number of hydrogen-bond acceptors (Lipinski definition) is 6. The molecule has 4 rings (SSSR count). The molecule has 1 aromatic carbocycles. The number of hydrogen-bond donors (Lipinski definition) is 1. The number of nitrogens with zero attached hydrogens (tertiary/aromatic N) is 4. The molecule has 25 heavy (non-hydrogen) atoms. The number of carbonyl (C=O) groups excluding carboxylic acids is 1. The maximum absolute atomic E-state index is 12.6. The molecule has 0 unspecified atom stereocenters. The molecule has 0 bridgehead atoms. The van der Waals surface area contributed by atoms with Gasteiger partial charge in [-0.2, -0.15) is 0 Å². The summed E-state index contributed by atoms with van der Waals surface area (Å²) in [7, 11) is 1.69. The van der Waals surface area contributed by atoms with Crippen LogP contribution in [0.4, 0.5) is 0 Å². The van der Waals surface area contributed by atoms with E-state index in [0.717, 1.165) is 18.6 Å². The highest BCUT2D eigenvalue weighted by atomic mass is 16.5. The minimum absolute atomic E-state index is 0.0505. The molecule has 1 saturated carbocycles. The maximum Gasteiger partial charge on any atom is 0.251 e. The summed E-state index contributed by atoms with van der Waals surface area (Å²) in [5.41, 5.74) is 1.69. The SMILES string of the molecule is COC[C@@H]1[C@H](NC(=O)c2ccc(Cn3cnnn3)cc2)[C@@H]2CCO[C@H]12. The van der Waals surface area contributed by atoms with Crippen LogP contribution in [0.1, 0.15) is 22.3 Å². The van der Waals surface area contributed by atoms with E-state index < -0.39 is 0 Å². The summed E-state index contributed by atoms with van der Waals surface area (Å²) in [6, 6.07) is 7.64. The first-order chi connectivity index (χ1) is 12.3. The van der Waals surface area contributed by atoms with Crippen molar-refractivity contribution in [1.82, 2.24) is 25.5 Å². The van der Waals surface area contributed by atoms with Crippen LogP contribution in [-0.4, -0.2) is 58.6 Å². The van der Waals surface area contributed by atoms with E-state index in [1.807, 2.05) is 24.3 Å². The van der Waals surface area contributed by atoms with Crippen LogP contribution in [0.15, 0.2) is 30.6 Å². The number of rotatable bonds is 6. The van der Waals surface area contributed by atoms with Gasteiger partial charge in [0.1, 0.15) is 6.33 Å². The molecule has 0 spiro atoms. The van der Waals surface area contributed by atoms with E-state index in [1.54, 1.807) is 18.1 Å². The molecule has 1 N–H and O–H groups in total. The highest BCUT2D eigenvalue weighted by Gasteiger charge is 2.54. The highest BCUT2D eigenvalue weighted by molar-refractivity contribution is 5.94. The normalized spacial score (nSPS) is 27.6. The van der Waals surface area contributed by atoms with E-state index in [2.05, 4.69) is 20.8 Å². The molecule has 4 atom stereocenters. The van der Waals surface area contributed by atoms with Crippen LogP contribution in [0.3, 0.4) is 0 Å². The number of tetrazole rings is 1. The lowest BCUT2D eigenvalue weighted by atomic mass is 9.67. The summed E-state index contributed by atoms with van der Waals surface area (Å²) in [6.07, 6.45) is 2.79. The Morgan fingerprint density at radius 3 is 2.96 bits per heavy atom. The predicted molar refractivity (Wildman–Crippen MR) is 87.8 cm³/mol. The van der Waals surface area contributed by atoms with Crippen molar-refractivity contribution in [3.8, 4) is 0 Å². The van der Waals surface area contributed by atoms with E-state index >= 15 is 0 Å². The number of amides is 1. The third kappa shape index (κ3) is 3.14. The molecular weight excluding hydrogens is 322 g/mol. The van der Waals surface area contributed by atoms with Crippen molar-refractivity contribution in [2.75, 3.05) is 20.3 Å². The zero-order valence-corrected chi connectivity index (χ0v) is 14.0. The quantitative estimate of drug-likeness (QED) is 0.821. The van der Waals surface area contributed by atoms with Crippen LogP contribution < -0.4 is 5.32 Å². The summed E-state index contributed by atoms with van der Waals surface area (Å²) in [5, 5.41) is 14.2. The minimum atomic E-state index is -0.0505. The minimum Gasteiger partial charge on any atom is -0.384 e. The zero-order valence-electron chi connectivity index (χ0n) is 14.0. The summed E-state index contributed by atoms with van der Waals surface area (Å²) < 4.78 is 12.7. The lowest BCUT2D eigenvalue weighted by Gasteiger charge is -2.47. The van der Waals surface area contributed by atoms with Crippen LogP contribution in [0.5, 0.6) is 0 Å². The molecule has 0 radical (unpaired) electrons. The first-order valence-electron chi connectivity index (χ1n) is 8.47. The van der Waals surface area contributed by atoms with Gasteiger partial charge in [-0.1, -0.05) is 12.1 Å². The van der Waals surface area contributed by atoms with E-state index in [-0.39, 0.29) is 24.0 Å². The Morgan fingerprint density at radius 2 is 2.24 bits per heavy atom. The van der Waals surface area contributed by atoms with Crippen LogP contribution >= 0.6 is 0 Å². The van der Waals surface area contributed by atoms with Gasteiger partial charge in [0.25, 0.3) is 5.91 Å². The second kappa shape index (κ2) is 6.89. The third-order valence-electron chi connectivity index (χ3n) is 5.14. The highest BCUT2D eigenvalue weighted by Crippen LogP contribution is 2.43. The number of methoxy groups -OCH3 is 1.